The molecule has 0 amide bonds. The standard InChI is InChI=1S/C22H18F4N6/c1-13(18-12-28-32(14(18)2)17-5-3-16(23)4-6-17)29-20-11-19(22(24,25)26)30-21(31-20)15-7-9-27-10-8-15/h3-13H,1-2H3,(H,29,30,31). The van der Waals surface area contributed by atoms with E-state index in [0.29, 0.717) is 11.3 Å². The lowest BCUT2D eigenvalue weighted by Gasteiger charge is -2.17. The normalized spacial score (nSPS) is 12.6. The quantitative estimate of drug-likeness (QED) is 0.421. The van der Waals surface area contributed by atoms with Gasteiger partial charge >= 0.3 is 6.18 Å². The Balaban J connectivity index is 1.66. The molecule has 164 valence electrons. The van der Waals surface area contributed by atoms with Crippen molar-refractivity contribution in [1.82, 2.24) is 24.7 Å². The van der Waals surface area contributed by atoms with Crippen molar-refractivity contribution in [3.05, 3.63) is 83.8 Å². The minimum absolute atomic E-state index is 0.0283. The number of hydrogen-bond acceptors (Lipinski definition) is 5. The molecule has 32 heavy (non-hydrogen) atoms. The number of nitrogens with zero attached hydrogens (tertiary/aromatic N) is 5. The summed E-state index contributed by atoms with van der Waals surface area (Å²) in [4.78, 5) is 11.8. The van der Waals surface area contributed by atoms with E-state index in [1.54, 1.807) is 42.1 Å². The van der Waals surface area contributed by atoms with Crippen LogP contribution in [0.5, 0.6) is 0 Å². The van der Waals surface area contributed by atoms with E-state index in [0.717, 1.165) is 17.3 Å². The Morgan fingerprint density at radius 2 is 1.69 bits per heavy atom. The van der Waals surface area contributed by atoms with E-state index < -0.39 is 17.9 Å². The largest absolute Gasteiger partial charge is 0.433 e. The minimum atomic E-state index is -4.63. The highest BCUT2D eigenvalue weighted by Gasteiger charge is 2.34. The fourth-order valence-corrected chi connectivity index (χ4v) is 3.29. The van der Waals surface area contributed by atoms with Gasteiger partial charge in [-0.3, -0.25) is 4.98 Å². The van der Waals surface area contributed by atoms with Crippen molar-refractivity contribution in [2.45, 2.75) is 26.1 Å². The Labute approximate surface area is 181 Å². The lowest BCUT2D eigenvalue weighted by atomic mass is 10.1. The number of benzene rings is 1. The van der Waals surface area contributed by atoms with Crippen LogP contribution in [0, 0.1) is 12.7 Å². The van der Waals surface area contributed by atoms with E-state index in [4.69, 9.17) is 0 Å². The van der Waals surface area contributed by atoms with Gasteiger partial charge in [0.15, 0.2) is 11.5 Å². The van der Waals surface area contributed by atoms with E-state index in [1.807, 2.05) is 6.92 Å². The van der Waals surface area contributed by atoms with Crippen LogP contribution < -0.4 is 5.32 Å². The van der Waals surface area contributed by atoms with Crippen LogP contribution in [-0.4, -0.2) is 24.7 Å². The van der Waals surface area contributed by atoms with Gasteiger partial charge in [0.25, 0.3) is 0 Å². The number of anilines is 1. The number of nitrogens with one attached hydrogen (secondary N) is 1. The van der Waals surface area contributed by atoms with Crippen molar-refractivity contribution in [1.29, 1.82) is 0 Å². The molecule has 0 spiro atoms. The molecule has 0 aliphatic heterocycles. The zero-order chi connectivity index (χ0) is 22.9. The fourth-order valence-electron chi connectivity index (χ4n) is 3.29. The molecule has 0 saturated heterocycles. The maximum Gasteiger partial charge on any atom is 0.433 e. The molecule has 4 aromatic rings. The summed E-state index contributed by atoms with van der Waals surface area (Å²) >= 11 is 0. The summed E-state index contributed by atoms with van der Waals surface area (Å²) < 4.78 is 55.2. The SMILES string of the molecule is Cc1c(C(C)Nc2cc(C(F)(F)F)nc(-c3ccncc3)n2)cnn1-c1ccc(F)cc1. The van der Waals surface area contributed by atoms with Gasteiger partial charge in [-0.1, -0.05) is 0 Å². The Morgan fingerprint density at radius 3 is 2.34 bits per heavy atom. The summed E-state index contributed by atoms with van der Waals surface area (Å²) in [6.07, 6.45) is -0.0937. The first-order chi connectivity index (χ1) is 15.2. The second-order valence-corrected chi connectivity index (χ2v) is 7.14. The number of rotatable bonds is 5. The monoisotopic (exact) mass is 442 g/mol. The van der Waals surface area contributed by atoms with Crippen LogP contribution in [0.3, 0.4) is 0 Å². The van der Waals surface area contributed by atoms with Crippen LogP contribution in [0.25, 0.3) is 17.1 Å². The Kier molecular flexibility index (Phi) is 5.60. The van der Waals surface area contributed by atoms with E-state index in [9.17, 15) is 17.6 Å². The average molecular weight is 442 g/mol. The van der Waals surface area contributed by atoms with Crippen molar-refractivity contribution >= 4 is 5.82 Å². The average Bonchev–Trinajstić information content (AvgIpc) is 3.15. The molecule has 6 nitrogen and oxygen atoms in total. The van der Waals surface area contributed by atoms with Crippen LogP contribution in [0.4, 0.5) is 23.4 Å². The Bertz CT molecular complexity index is 1220. The minimum Gasteiger partial charge on any atom is -0.363 e. The second-order valence-electron chi connectivity index (χ2n) is 7.14. The lowest BCUT2D eigenvalue weighted by molar-refractivity contribution is -0.141. The van der Waals surface area contributed by atoms with Crippen molar-refractivity contribution in [3.8, 4) is 17.1 Å². The fraction of sp³-hybridized carbons (Fsp3) is 0.182. The maximum atomic E-state index is 13.4. The third-order valence-corrected chi connectivity index (χ3v) is 4.90. The highest BCUT2D eigenvalue weighted by atomic mass is 19.4. The van der Waals surface area contributed by atoms with Crippen LogP contribution in [0.15, 0.2) is 61.1 Å². The lowest BCUT2D eigenvalue weighted by Crippen LogP contribution is -2.14. The molecule has 0 radical (unpaired) electrons. The third-order valence-electron chi connectivity index (χ3n) is 4.90. The van der Waals surface area contributed by atoms with E-state index in [1.165, 1.54) is 24.5 Å². The van der Waals surface area contributed by atoms with Crippen molar-refractivity contribution < 1.29 is 17.6 Å². The van der Waals surface area contributed by atoms with E-state index in [-0.39, 0.29) is 17.5 Å². The summed E-state index contributed by atoms with van der Waals surface area (Å²) in [6.45, 7) is 3.62. The zero-order valence-electron chi connectivity index (χ0n) is 17.1. The van der Waals surface area contributed by atoms with Crippen LogP contribution in [0.1, 0.15) is 29.9 Å². The van der Waals surface area contributed by atoms with Gasteiger partial charge < -0.3 is 5.32 Å². The molecule has 0 aliphatic rings. The van der Waals surface area contributed by atoms with Gasteiger partial charge in [0, 0.05) is 35.3 Å². The number of halogens is 4. The van der Waals surface area contributed by atoms with Gasteiger partial charge in [0.1, 0.15) is 11.6 Å². The topological polar surface area (TPSA) is 68.5 Å². The first kappa shape index (κ1) is 21.4. The maximum absolute atomic E-state index is 13.4. The molecule has 3 heterocycles. The van der Waals surface area contributed by atoms with Crippen LogP contribution >= 0.6 is 0 Å². The summed E-state index contributed by atoms with van der Waals surface area (Å²) in [6, 6.07) is 9.40. The molecular formula is C22H18F4N6. The molecule has 1 atom stereocenters. The third kappa shape index (κ3) is 4.43. The van der Waals surface area contributed by atoms with Crippen LogP contribution in [-0.2, 0) is 6.18 Å². The number of pyridine rings is 1. The highest BCUT2D eigenvalue weighted by Crippen LogP contribution is 2.32. The second kappa shape index (κ2) is 8.37. The first-order valence-corrected chi connectivity index (χ1v) is 9.66. The molecule has 0 fully saturated rings. The van der Waals surface area contributed by atoms with Crippen molar-refractivity contribution in [3.63, 3.8) is 0 Å². The van der Waals surface area contributed by atoms with Crippen LogP contribution in [0.2, 0.25) is 0 Å². The predicted octanol–water partition coefficient (Wildman–Crippen LogP) is 5.36. The van der Waals surface area contributed by atoms with Gasteiger partial charge in [-0.15, -0.1) is 0 Å². The smallest absolute Gasteiger partial charge is 0.363 e. The summed E-state index contributed by atoms with van der Waals surface area (Å²) in [7, 11) is 0. The van der Waals surface area contributed by atoms with E-state index in [2.05, 4.69) is 25.4 Å². The molecular weight excluding hydrogens is 424 g/mol. The number of hydrogen-bond donors (Lipinski definition) is 1. The number of aromatic nitrogens is 5. The molecule has 1 N–H and O–H groups in total. The Morgan fingerprint density at radius 1 is 1.00 bits per heavy atom. The predicted molar refractivity (Wildman–Crippen MR) is 111 cm³/mol. The van der Waals surface area contributed by atoms with Gasteiger partial charge in [0.2, 0.25) is 0 Å². The molecule has 3 aromatic heterocycles. The molecule has 0 bridgehead atoms. The summed E-state index contributed by atoms with van der Waals surface area (Å²) in [5.41, 5.74) is 1.56. The zero-order valence-corrected chi connectivity index (χ0v) is 17.1. The van der Waals surface area contributed by atoms with Crippen molar-refractivity contribution in [2.75, 3.05) is 5.32 Å². The van der Waals surface area contributed by atoms with Gasteiger partial charge in [-0.05, 0) is 50.2 Å². The summed E-state index contributed by atoms with van der Waals surface area (Å²) in [5, 5.41) is 7.35. The van der Waals surface area contributed by atoms with E-state index >= 15 is 0 Å². The molecule has 0 aliphatic carbocycles. The molecule has 4 rings (SSSR count). The molecule has 10 heteroatoms. The molecule has 1 unspecified atom stereocenters. The first-order valence-electron chi connectivity index (χ1n) is 9.66. The number of alkyl halides is 3. The van der Waals surface area contributed by atoms with Gasteiger partial charge in [0.05, 0.1) is 17.9 Å². The molecule has 1 aromatic carbocycles. The molecule has 0 saturated carbocycles. The van der Waals surface area contributed by atoms with Gasteiger partial charge in [-0.25, -0.2) is 19.0 Å². The van der Waals surface area contributed by atoms with Gasteiger partial charge in [-0.2, -0.15) is 18.3 Å². The summed E-state index contributed by atoms with van der Waals surface area (Å²) in [5.74, 6) is -0.390. The highest BCUT2D eigenvalue weighted by molar-refractivity contribution is 5.57. The van der Waals surface area contributed by atoms with Crippen molar-refractivity contribution in [2.24, 2.45) is 0 Å². The Hall–Kier alpha value is -3.82.